The molecular weight excluding hydrogens is 344 g/mol. The van der Waals surface area contributed by atoms with E-state index >= 15 is 0 Å². The highest BCUT2D eigenvalue weighted by Crippen LogP contribution is 2.37. The van der Waals surface area contributed by atoms with Crippen LogP contribution < -0.4 is 0 Å². The average molecular weight is 383 g/mol. The minimum absolute atomic E-state index is 0.0168. The molecule has 0 aliphatic heterocycles. The first-order valence-electron chi connectivity index (χ1n) is 10.4. The van der Waals surface area contributed by atoms with Crippen LogP contribution in [0, 0.1) is 11.8 Å². The maximum atomic E-state index is 10.5. The van der Waals surface area contributed by atoms with E-state index in [1.54, 1.807) is 6.08 Å². The largest absolute Gasteiger partial charge is 0.481 e. The Hall–Kier alpha value is -1.17. The van der Waals surface area contributed by atoms with Crippen LogP contribution in [0.25, 0.3) is 0 Å². The molecule has 0 spiro atoms. The molecule has 0 radical (unpaired) electrons. The molecule has 1 aliphatic rings. The molecule has 0 aromatic heterocycles. The van der Waals surface area contributed by atoms with Crippen LogP contribution >= 0.6 is 0 Å². The molecule has 5 heteroatoms. The number of aliphatic hydroxyl groups excluding tert-OH is 2. The summed E-state index contributed by atoms with van der Waals surface area (Å²) < 4.78 is 0. The zero-order valence-corrected chi connectivity index (χ0v) is 16.7. The van der Waals surface area contributed by atoms with Crippen molar-refractivity contribution < 1.29 is 25.2 Å². The van der Waals surface area contributed by atoms with Crippen molar-refractivity contribution in [3.63, 3.8) is 0 Å². The van der Waals surface area contributed by atoms with Gasteiger partial charge in [-0.3, -0.25) is 4.79 Å². The Labute approximate surface area is 163 Å². The fraction of sp³-hybridized carbons (Fsp3) is 0.773. The highest BCUT2D eigenvalue weighted by molar-refractivity contribution is 5.66. The number of hydrogen-bond donors (Lipinski definition) is 4. The fourth-order valence-electron chi connectivity index (χ4n) is 3.99. The molecule has 156 valence electrons. The topological polar surface area (TPSA) is 98.0 Å². The predicted molar refractivity (Wildman–Crippen MR) is 107 cm³/mol. The maximum absolute atomic E-state index is 10.5. The Kier molecular flexibility index (Phi) is 10.9. The Bertz CT molecular complexity index is 475. The van der Waals surface area contributed by atoms with Gasteiger partial charge in [-0.25, -0.2) is 0 Å². The molecule has 5 nitrogen and oxygen atoms in total. The van der Waals surface area contributed by atoms with Crippen LogP contribution in [-0.2, 0) is 4.79 Å². The molecule has 1 unspecified atom stereocenters. The summed E-state index contributed by atoms with van der Waals surface area (Å²) in [6.45, 7) is 5.83. The molecule has 0 aromatic rings. The number of carboxylic acid groups (broad SMARTS) is 1. The van der Waals surface area contributed by atoms with Gasteiger partial charge in [0.15, 0.2) is 0 Å². The van der Waals surface area contributed by atoms with Crippen LogP contribution in [0.2, 0.25) is 0 Å². The van der Waals surface area contributed by atoms with Crippen molar-refractivity contribution in [3.8, 4) is 0 Å². The molecule has 1 saturated carbocycles. The van der Waals surface area contributed by atoms with Crippen molar-refractivity contribution in [2.24, 2.45) is 11.8 Å². The molecule has 0 aromatic carbocycles. The number of unbranched alkanes of at least 4 members (excludes halogenated alkanes) is 4. The second kappa shape index (κ2) is 12.3. The van der Waals surface area contributed by atoms with Crippen LogP contribution in [0.5, 0.6) is 0 Å². The van der Waals surface area contributed by atoms with Crippen molar-refractivity contribution in [1.82, 2.24) is 0 Å². The van der Waals surface area contributed by atoms with Gasteiger partial charge in [0, 0.05) is 18.8 Å². The lowest BCUT2D eigenvalue weighted by atomic mass is 9.87. The van der Waals surface area contributed by atoms with Gasteiger partial charge in [0.2, 0.25) is 0 Å². The third-order valence-electron chi connectivity index (χ3n) is 5.77. The van der Waals surface area contributed by atoms with Crippen LogP contribution in [0.1, 0.15) is 77.6 Å². The maximum Gasteiger partial charge on any atom is 0.303 e. The summed E-state index contributed by atoms with van der Waals surface area (Å²) in [5.41, 5.74) is -0.908. The quantitative estimate of drug-likeness (QED) is 0.270. The lowest BCUT2D eigenvalue weighted by Gasteiger charge is -2.24. The zero-order valence-electron chi connectivity index (χ0n) is 16.7. The molecule has 1 fully saturated rings. The number of aliphatic hydroxyl groups is 3. The Morgan fingerprint density at radius 2 is 1.85 bits per heavy atom. The minimum atomic E-state index is -0.908. The van der Waals surface area contributed by atoms with Gasteiger partial charge >= 0.3 is 5.97 Å². The average Bonchev–Trinajstić information content (AvgIpc) is 2.89. The molecule has 1 aliphatic carbocycles. The van der Waals surface area contributed by atoms with Gasteiger partial charge in [0.1, 0.15) is 0 Å². The first kappa shape index (κ1) is 23.9. The Morgan fingerprint density at radius 1 is 1.15 bits per heavy atom. The van der Waals surface area contributed by atoms with Crippen LogP contribution in [-0.4, -0.2) is 44.2 Å². The van der Waals surface area contributed by atoms with E-state index in [0.29, 0.717) is 25.7 Å². The summed E-state index contributed by atoms with van der Waals surface area (Å²) in [6, 6.07) is 0. The van der Waals surface area contributed by atoms with Crippen LogP contribution in [0.15, 0.2) is 24.8 Å². The second-order valence-electron chi connectivity index (χ2n) is 8.00. The number of carbonyl (C=O) groups is 1. The van der Waals surface area contributed by atoms with E-state index in [1.165, 1.54) is 0 Å². The van der Waals surface area contributed by atoms with Crippen LogP contribution in [0.4, 0.5) is 0 Å². The van der Waals surface area contributed by atoms with E-state index in [4.69, 9.17) is 5.11 Å². The molecule has 0 bridgehead atoms. The van der Waals surface area contributed by atoms with Gasteiger partial charge < -0.3 is 20.4 Å². The standard InChI is InChI=1S/C22H38O5/c1-3-5-14-22(27,4-2)15-10-12-18-17(19(23)16-20(18)24)11-8-6-7-9-13-21(25)26/h4,10,12,17-20,23-24,27H,2-3,5-9,11,13-16H2,1H3,(H,25,26)/t17-,18-,19+,20-,22?/m1/s1. The Morgan fingerprint density at radius 3 is 2.48 bits per heavy atom. The normalized spacial score (nSPS) is 27.7. The first-order valence-corrected chi connectivity index (χ1v) is 10.4. The Balaban J connectivity index is 2.50. The molecule has 5 atom stereocenters. The summed E-state index contributed by atoms with van der Waals surface area (Å²) >= 11 is 0. The lowest BCUT2D eigenvalue weighted by molar-refractivity contribution is -0.137. The summed E-state index contributed by atoms with van der Waals surface area (Å²) in [6.07, 6.45) is 12.4. The molecule has 0 saturated heterocycles. The van der Waals surface area contributed by atoms with Gasteiger partial charge in [0.25, 0.3) is 0 Å². The zero-order chi connectivity index (χ0) is 20.3. The summed E-state index contributed by atoms with van der Waals surface area (Å²) in [4.78, 5) is 10.5. The summed E-state index contributed by atoms with van der Waals surface area (Å²) in [5, 5.41) is 39.8. The lowest BCUT2D eigenvalue weighted by Crippen LogP contribution is -2.25. The second-order valence-corrected chi connectivity index (χ2v) is 8.00. The van der Waals surface area contributed by atoms with E-state index in [-0.39, 0.29) is 18.3 Å². The third kappa shape index (κ3) is 8.58. The van der Waals surface area contributed by atoms with E-state index in [1.807, 2.05) is 12.2 Å². The van der Waals surface area contributed by atoms with E-state index in [2.05, 4.69) is 13.5 Å². The monoisotopic (exact) mass is 382 g/mol. The number of carboxylic acids is 1. The minimum Gasteiger partial charge on any atom is -0.481 e. The first-order chi connectivity index (χ1) is 12.8. The van der Waals surface area contributed by atoms with E-state index in [9.17, 15) is 20.1 Å². The van der Waals surface area contributed by atoms with E-state index < -0.39 is 23.8 Å². The highest BCUT2D eigenvalue weighted by Gasteiger charge is 2.39. The van der Waals surface area contributed by atoms with Crippen LogP contribution in [0.3, 0.4) is 0 Å². The molecule has 4 N–H and O–H groups in total. The van der Waals surface area contributed by atoms with Gasteiger partial charge in [-0.05, 0) is 31.6 Å². The molecule has 1 rings (SSSR count). The molecule has 0 heterocycles. The smallest absolute Gasteiger partial charge is 0.303 e. The van der Waals surface area contributed by atoms with Crippen molar-refractivity contribution in [2.45, 2.75) is 95.4 Å². The van der Waals surface area contributed by atoms with Crippen molar-refractivity contribution in [3.05, 3.63) is 24.8 Å². The third-order valence-corrected chi connectivity index (χ3v) is 5.77. The van der Waals surface area contributed by atoms with Crippen molar-refractivity contribution in [1.29, 1.82) is 0 Å². The van der Waals surface area contributed by atoms with Crippen molar-refractivity contribution >= 4 is 5.97 Å². The summed E-state index contributed by atoms with van der Waals surface area (Å²) in [7, 11) is 0. The fourth-order valence-corrected chi connectivity index (χ4v) is 3.99. The predicted octanol–water partition coefficient (Wildman–Crippen LogP) is 3.82. The molecule has 27 heavy (non-hydrogen) atoms. The SMILES string of the molecule is C=CC(O)(CC=C[C@@H]1[C@@H](CCCCCCC(=O)O)[C@@H](O)C[C@H]1O)CCCC. The number of aliphatic carboxylic acids is 1. The van der Waals surface area contributed by atoms with Gasteiger partial charge in [-0.1, -0.05) is 57.3 Å². The van der Waals surface area contributed by atoms with Gasteiger partial charge in [-0.2, -0.15) is 0 Å². The van der Waals surface area contributed by atoms with Gasteiger partial charge in [-0.15, -0.1) is 6.58 Å². The number of hydrogen-bond acceptors (Lipinski definition) is 4. The number of rotatable bonds is 14. The summed E-state index contributed by atoms with van der Waals surface area (Å²) in [5.74, 6) is -0.838. The van der Waals surface area contributed by atoms with Gasteiger partial charge in [0.05, 0.1) is 17.8 Å². The van der Waals surface area contributed by atoms with Crippen molar-refractivity contribution in [2.75, 3.05) is 0 Å². The highest BCUT2D eigenvalue weighted by atomic mass is 16.4. The molecular formula is C22H38O5. The molecule has 0 amide bonds. The van der Waals surface area contributed by atoms with E-state index in [0.717, 1.165) is 38.5 Å².